The van der Waals surface area contributed by atoms with Gasteiger partial charge in [-0.15, -0.1) is 0 Å². The minimum atomic E-state index is -0.418. The second-order valence-corrected chi connectivity index (χ2v) is 6.83. The van der Waals surface area contributed by atoms with E-state index in [1.54, 1.807) is 17.0 Å². The highest BCUT2D eigenvalue weighted by Gasteiger charge is 2.27. The zero-order valence-electron chi connectivity index (χ0n) is 14.2. The quantitative estimate of drug-likeness (QED) is 0.661. The highest BCUT2D eigenvalue weighted by atomic mass is 16.6. The maximum Gasteiger partial charge on any atom is 0.293 e. The molecule has 1 aliphatic carbocycles. The number of carbonyl (C=O) groups excluding carboxylic acids is 1. The fourth-order valence-corrected chi connectivity index (χ4v) is 3.01. The first-order chi connectivity index (χ1) is 11.5. The van der Waals surface area contributed by atoms with Gasteiger partial charge in [-0.1, -0.05) is 0 Å². The van der Waals surface area contributed by atoms with Gasteiger partial charge in [0, 0.05) is 49.9 Å². The molecular formula is C17H24N4O3. The minimum Gasteiger partial charge on any atom is -0.377 e. The van der Waals surface area contributed by atoms with E-state index in [1.807, 2.05) is 0 Å². The number of nitrogens with zero attached hydrogens (tertiary/aromatic N) is 3. The Bertz CT molecular complexity index is 635. The minimum absolute atomic E-state index is 0.0198. The lowest BCUT2D eigenvalue weighted by molar-refractivity contribution is -0.384. The van der Waals surface area contributed by atoms with Gasteiger partial charge < -0.3 is 10.2 Å². The molecule has 3 rings (SSSR count). The van der Waals surface area contributed by atoms with Crippen LogP contribution in [0.25, 0.3) is 0 Å². The summed E-state index contributed by atoms with van der Waals surface area (Å²) in [6.07, 6.45) is 2.08. The van der Waals surface area contributed by atoms with Gasteiger partial charge in [-0.2, -0.15) is 0 Å². The molecule has 1 saturated carbocycles. The second kappa shape index (κ2) is 6.76. The number of hydrogen-bond acceptors (Lipinski definition) is 5. The van der Waals surface area contributed by atoms with E-state index in [4.69, 9.17) is 0 Å². The Hall–Kier alpha value is -2.15. The number of carbonyl (C=O) groups is 1. The van der Waals surface area contributed by atoms with E-state index >= 15 is 0 Å². The van der Waals surface area contributed by atoms with Crippen molar-refractivity contribution in [3.8, 4) is 0 Å². The Morgan fingerprint density at radius 1 is 1.25 bits per heavy atom. The number of nitro benzene ring substituents is 1. The van der Waals surface area contributed by atoms with Crippen molar-refractivity contribution in [3.05, 3.63) is 33.9 Å². The van der Waals surface area contributed by atoms with Crippen LogP contribution in [0.5, 0.6) is 0 Å². The molecule has 7 nitrogen and oxygen atoms in total. The molecule has 0 atom stereocenters. The summed E-state index contributed by atoms with van der Waals surface area (Å²) < 4.78 is 0. The van der Waals surface area contributed by atoms with Crippen LogP contribution in [0.15, 0.2) is 18.2 Å². The van der Waals surface area contributed by atoms with E-state index in [0.717, 1.165) is 25.9 Å². The van der Waals surface area contributed by atoms with E-state index in [0.29, 0.717) is 36.4 Å². The van der Waals surface area contributed by atoms with Crippen LogP contribution in [-0.2, 0) is 0 Å². The standard InChI is InChI=1S/C17H24N4O3/c1-12(2)19-7-9-20(10-8-19)17(22)13-3-6-15(18-14-4-5-14)16(11-13)21(23)24/h3,6,11-12,14,18H,4-5,7-10H2,1-2H3. The number of hydrogen-bond donors (Lipinski definition) is 1. The molecule has 1 heterocycles. The Morgan fingerprint density at radius 2 is 1.92 bits per heavy atom. The first-order valence-electron chi connectivity index (χ1n) is 8.54. The maximum absolute atomic E-state index is 12.7. The average molecular weight is 332 g/mol. The van der Waals surface area contributed by atoms with Crippen molar-refractivity contribution < 1.29 is 9.72 Å². The fraction of sp³-hybridized carbons (Fsp3) is 0.588. The Kier molecular flexibility index (Phi) is 4.71. The van der Waals surface area contributed by atoms with E-state index in [2.05, 4.69) is 24.1 Å². The molecule has 2 fully saturated rings. The van der Waals surface area contributed by atoms with Gasteiger partial charge in [0.15, 0.2) is 0 Å². The molecular weight excluding hydrogens is 308 g/mol. The van der Waals surface area contributed by atoms with E-state index in [-0.39, 0.29) is 11.6 Å². The summed E-state index contributed by atoms with van der Waals surface area (Å²) in [5.41, 5.74) is 0.873. The van der Waals surface area contributed by atoms with Gasteiger partial charge in [-0.05, 0) is 38.8 Å². The molecule has 1 N–H and O–H groups in total. The summed E-state index contributed by atoms with van der Waals surface area (Å²) in [6.45, 7) is 7.29. The number of nitro groups is 1. The highest BCUT2D eigenvalue weighted by molar-refractivity contribution is 5.95. The summed E-state index contributed by atoms with van der Waals surface area (Å²) in [5, 5.41) is 14.5. The van der Waals surface area contributed by atoms with Gasteiger partial charge in [0.2, 0.25) is 0 Å². The zero-order chi connectivity index (χ0) is 17.3. The molecule has 130 valence electrons. The topological polar surface area (TPSA) is 78.7 Å². The molecule has 1 amide bonds. The lowest BCUT2D eigenvalue weighted by atomic mass is 10.1. The maximum atomic E-state index is 12.7. The SMILES string of the molecule is CC(C)N1CCN(C(=O)c2ccc(NC3CC3)c([N+](=O)[O-])c2)CC1. The molecule has 1 aromatic carbocycles. The first-order valence-corrected chi connectivity index (χ1v) is 8.54. The molecule has 0 aromatic heterocycles. The molecule has 0 radical (unpaired) electrons. The second-order valence-electron chi connectivity index (χ2n) is 6.83. The van der Waals surface area contributed by atoms with E-state index in [1.165, 1.54) is 6.07 Å². The van der Waals surface area contributed by atoms with Crippen molar-refractivity contribution in [2.75, 3.05) is 31.5 Å². The molecule has 1 aromatic rings. The summed E-state index contributed by atoms with van der Waals surface area (Å²) in [7, 11) is 0. The molecule has 1 saturated heterocycles. The van der Waals surface area contributed by atoms with Crippen molar-refractivity contribution in [1.29, 1.82) is 0 Å². The van der Waals surface area contributed by atoms with Gasteiger partial charge in [-0.25, -0.2) is 0 Å². The number of nitrogens with one attached hydrogen (secondary N) is 1. The van der Waals surface area contributed by atoms with Crippen LogP contribution in [0.3, 0.4) is 0 Å². The Balaban J connectivity index is 1.73. The van der Waals surface area contributed by atoms with Crippen molar-refractivity contribution in [1.82, 2.24) is 9.80 Å². The van der Waals surface area contributed by atoms with Crippen LogP contribution in [0.4, 0.5) is 11.4 Å². The molecule has 7 heteroatoms. The number of benzene rings is 1. The zero-order valence-corrected chi connectivity index (χ0v) is 14.2. The third-order valence-electron chi connectivity index (χ3n) is 4.71. The molecule has 24 heavy (non-hydrogen) atoms. The predicted octanol–water partition coefficient (Wildman–Crippen LogP) is 2.34. The number of amides is 1. The molecule has 0 spiro atoms. The fourth-order valence-electron chi connectivity index (χ4n) is 3.01. The molecule has 0 bridgehead atoms. The van der Waals surface area contributed by atoms with Crippen molar-refractivity contribution >= 4 is 17.3 Å². The lowest BCUT2D eigenvalue weighted by Crippen LogP contribution is -2.50. The van der Waals surface area contributed by atoms with Crippen LogP contribution in [0.1, 0.15) is 37.0 Å². The normalized spacial score (nSPS) is 18.7. The summed E-state index contributed by atoms with van der Waals surface area (Å²) in [6, 6.07) is 5.55. The van der Waals surface area contributed by atoms with Crippen molar-refractivity contribution in [3.63, 3.8) is 0 Å². The van der Waals surface area contributed by atoms with Gasteiger partial charge in [-0.3, -0.25) is 19.8 Å². The summed E-state index contributed by atoms with van der Waals surface area (Å²) in [4.78, 5) is 27.7. The number of piperazine rings is 1. The smallest absolute Gasteiger partial charge is 0.293 e. The third-order valence-corrected chi connectivity index (χ3v) is 4.71. The van der Waals surface area contributed by atoms with Gasteiger partial charge in [0.05, 0.1) is 4.92 Å². The van der Waals surface area contributed by atoms with Gasteiger partial charge in [0.1, 0.15) is 5.69 Å². The number of anilines is 1. The van der Waals surface area contributed by atoms with Crippen LogP contribution in [-0.4, -0.2) is 58.9 Å². The third kappa shape index (κ3) is 3.67. The highest BCUT2D eigenvalue weighted by Crippen LogP contribution is 2.31. The summed E-state index contributed by atoms with van der Waals surface area (Å²) in [5.74, 6) is -0.125. The van der Waals surface area contributed by atoms with Crippen LogP contribution >= 0.6 is 0 Å². The van der Waals surface area contributed by atoms with Crippen LogP contribution in [0.2, 0.25) is 0 Å². The Morgan fingerprint density at radius 3 is 2.46 bits per heavy atom. The monoisotopic (exact) mass is 332 g/mol. The number of rotatable bonds is 5. The predicted molar refractivity (Wildman–Crippen MR) is 92.4 cm³/mol. The van der Waals surface area contributed by atoms with Crippen LogP contribution < -0.4 is 5.32 Å². The lowest BCUT2D eigenvalue weighted by Gasteiger charge is -2.36. The first kappa shape index (κ1) is 16.7. The van der Waals surface area contributed by atoms with E-state index in [9.17, 15) is 14.9 Å². The van der Waals surface area contributed by atoms with Gasteiger partial charge >= 0.3 is 0 Å². The summed E-state index contributed by atoms with van der Waals surface area (Å²) >= 11 is 0. The average Bonchev–Trinajstić information content (AvgIpc) is 3.38. The van der Waals surface area contributed by atoms with E-state index < -0.39 is 4.92 Å². The van der Waals surface area contributed by atoms with Crippen molar-refractivity contribution in [2.24, 2.45) is 0 Å². The Labute approximate surface area is 141 Å². The molecule has 2 aliphatic rings. The molecule has 1 aliphatic heterocycles. The van der Waals surface area contributed by atoms with Crippen LogP contribution in [0, 0.1) is 10.1 Å². The van der Waals surface area contributed by atoms with Gasteiger partial charge in [0.25, 0.3) is 11.6 Å². The molecule has 0 unspecified atom stereocenters. The largest absolute Gasteiger partial charge is 0.377 e. The van der Waals surface area contributed by atoms with Crippen molar-refractivity contribution in [2.45, 2.75) is 38.8 Å².